The number of anilines is 1. The number of nitrogen functional groups attached to an aromatic ring is 1. The van der Waals surface area contributed by atoms with Crippen LogP contribution in [0.15, 0.2) is 30.3 Å². The number of ether oxygens (including phenoxy) is 2. The molecule has 0 saturated carbocycles. The van der Waals surface area contributed by atoms with E-state index in [2.05, 4.69) is 0 Å². The summed E-state index contributed by atoms with van der Waals surface area (Å²) in [4.78, 5) is 26.9. The first-order valence-corrected chi connectivity index (χ1v) is 8.80. The van der Waals surface area contributed by atoms with Crippen LogP contribution in [0.1, 0.15) is 24.1 Å². The summed E-state index contributed by atoms with van der Waals surface area (Å²) in [6.45, 7) is 1.75. The summed E-state index contributed by atoms with van der Waals surface area (Å²) in [6.07, 6.45) is -1.27. The molecule has 1 aliphatic rings. The minimum Gasteiger partial charge on any atom is -0.410 e. The molecule has 1 aliphatic heterocycles. The van der Waals surface area contributed by atoms with Gasteiger partial charge < -0.3 is 20.1 Å². The van der Waals surface area contributed by atoms with E-state index in [4.69, 9.17) is 26.8 Å². The zero-order valence-electron chi connectivity index (χ0n) is 15.5. The van der Waals surface area contributed by atoms with Gasteiger partial charge in [0.05, 0.1) is 23.3 Å². The number of hydrogen-bond acceptors (Lipinski definition) is 5. The van der Waals surface area contributed by atoms with Crippen LogP contribution in [-0.2, 0) is 6.54 Å². The molecule has 1 atom stereocenters. The van der Waals surface area contributed by atoms with Crippen LogP contribution in [0.5, 0.6) is 11.5 Å². The number of nitrogens with zero attached hydrogens (tertiary/aromatic N) is 2. The lowest BCUT2D eigenvalue weighted by molar-refractivity contribution is 0.116. The van der Waals surface area contributed by atoms with Gasteiger partial charge in [0.25, 0.3) is 0 Å². The van der Waals surface area contributed by atoms with Crippen LogP contribution in [0.2, 0.25) is 5.02 Å². The zero-order valence-corrected chi connectivity index (χ0v) is 16.3. The molecular formula is C19H19ClFN3O4. The Balaban J connectivity index is 1.90. The second-order valence-corrected chi connectivity index (χ2v) is 6.98. The molecule has 148 valence electrons. The van der Waals surface area contributed by atoms with Crippen molar-refractivity contribution in [1.29, 1.82) is 0 Å². The SMILES string of the molecule is C[C@H]1c2cc(Cl)c(OC(=O)N(C)C)cc2OC(=O)N1Cc1cccc(N)c1F. The van der Waals surface area contributed by atoms with Crippen LogP contribution in [0.4, 0.5) is 19.7 Å². The quantitative estimate of drug-likeness (QED) is 0.771. The van der Waals surface area contributed by atoms with Gasteiger partial charge in [0.15, 0.2) is 11.6 Å². The van der Waals surface area contributed by atoms with Crippen molar-refractivity contribution in [2.45, 2.75) is 19.5 Å². The van der Waals surface area contributed by atoms with Crippen LogP contribution in [0.3, 0.4) is 0 Å². The molecule has 2 amide bonds. The summed E-state index contributed by atoms with van der Waals surface area (Å²) in [7, 11) is 3.06. The number of fused-ring (bicyclic) bond motifs is 1. The Morgan fingerprint density at radius 1 is 1.39 bits per heavy atom. The number of hydrogen-bond donors (Lipinski definition) is 1. The highest BCUT2D eigenvalue weighted by molar-refractivity contribution is 6.32. The average molecular weight is 408 g/mol. The third-order valence-corrected chi connectivity index (χ3v) is 4.72. The second kappa shape index (κ2) is 7.55. The number of benzene rings is 2. The Labute approximate surface area is 166 Å². The standard InChI is InChI=1S/C19H19ClFN3O4/c1-10-12-7-13(20)16(28-18(25)23(2)3)8-15(12)27-19(26)24(10)9-11-5-4-6-14(22)17(11)21/h4-8,10H,9,22H2,1-3H3/t10-/m0/s1. The Kier molecular flexibility index (Phi) is 5.33. The van der Waals surface area contributed by atoms with Gasteiger partial charge in [-0.3, -0.25) is 4.90 Å². The summed E-state index contributed by atoms with van der Waals surface area (Å²) in [5.74, 6) is -0.264. The van der Waals surface area contributed by atoms with Crippen molar-refractivity contribution in [2.24, 2.45) is 0 Å². The maximum absolute atomic E-state index is 14.2. The largest absolute Gasteiger partial charge is 0.416 e. The maximum atomic E-state index is 14.2. The first-order chi connectivity index (χ1) is 13.2. The molecular weight excluding hydrogens is 389 g/mol. The summed E-state index contributed by atoms with van der Waals surface area (Å²) < 4.78 is 24.8. The van der Waals surface area contributed by atoms with Gasteiger partial charge in [-0.2, -0.15) is 0 Å². The smallest absolute Gasteiger partial charge is 0.410 e. The fraction of sp³-hybridized carbons (Fsp3) is 0.263. The van der Waals surface area contributed by atoms with Crippen LogP contribution in [0.25, 0.3) is 0 Å². The summed E-state index contributed by atoms with van der Waals surface area (Å²) in [5.41, 5.74) is 6.49. The van der Waals surface area contributed by atoms with Crippen molar-refractivity contribution < 1.29 is 23.5 Å². The summed E-state index contributed by atoms with van der Waals surface area (Å²) >= 11 is 6.23. The summed E-state index contributed by atoms with van der Waals surface area (Å²) in [5, 5.41) is 0.189. The topological polar surface area (TPSA) is 85.1 Å². The molecule has 0 fully saturated rings. The third-order valence-electron chi connectivity index (χ3n) is 4.43. The Morgan fingerprint density at radius 3 is 2.79 bits per heavy atom. The van der Waals surface area contributed by atoms with E-state index < -0.39 is 24.0 Å². The first-order valence-electron chi connectivity index (χ1n) is 8.43. The van der Waals surface area contributed by atoms with Crippen molar-refractivity contribution in [1.82, 2.24) is 9.80 Å². The van der Waals surface area contributed by atoms with Gasteiger partial charge in [-0.05, 0) is 19.1 Å². The van der Waals surface area contributed by atoms with Crippen molar-refractivity contribution in [2.75, 3.05) is 19.8 Å². The number of nitrogens with two attached hydrogens (primary N) is 1. The molecule has 1 heterocycles. The third kappa shape index (κ3) is 3.68. The first kappa shape index (κ1) is 19.8. The molecule has 2 N–H and O–H groups in total. The van der Waals surface area contributed by atoms with Gasteiger partial charge in [-0.1, -0.05) is 23.7 Å². The number of carbonyl (C=O) groups is 2. The van der Waals surface area contributed by atoms with E-state index in [1.807, 2.05) is 0 Å². The number of amides is 2. The maximum Gasteiger partial charge on any atom is 0.416 e. The van der Waals surface area contributed by atoms with E-state index in [9.17, 15) is 14.0 Å². The molecule has 28 heavy (non-hydrogen) atoms. The highest BCUT2D eigenvalue weighted by Crippen LogP contribution is 2.41. The Hall–Kier alpha value is -3.00. The lowest BCUT2D eigenvalue weighted by atomic mass is 10.0. The number of rotatable bonds is 3. The molecule has 0 unspecified atom stereocenters. The highest BCUT2D eigenvalue weighted by atomic mass is 35.5. The predicted molar refractivity (Wildman–Crippen MR) is 102 cm³/mol. The molecule has 0 spiro atoms. The molecule has 3 rings (SSSR count). The van der Waals surface area contributed by atoms with E-state index in [-0.39, 0.29) is 34.3 Å². The van der Waals surface area contributed by atoms with E-state index in [1.165, 1.54) is 36.0 Å². The molecule has 0 radical (unpaired) electrons. The zero-order chi connectivity index (χ0) is 20.6. The molecule has 0 aliphatic carbocycles. The minimum atomic E-state index is -0.658. The van der Waals surface area contributed by atoms with Crippen LogP contribution < -0.4 is 15.2 Å². The van der Waals surface area contributed by atoms with Crippen LogP contribution in [0, 0.1) is 5.82 Å². The highest BCUT2D eigenvalue weighted by Gasteiger charge is 2.33. The summed E-state index contributed by atoms with van der Waals surface area (Å²) in [6, 6.07) is 7.12. The molecule has 0 aromatic heterocycles. The second-order valence-electron chi connectivity index (χ2n) is 6.58. The van der Waals surface area contributed by atoms with E-state index in [0.717, 1.165) is 0 Å². The van der Waals surface area contributed by atoms with Gasteiger partial charge in [0, 0.05) is 31.3 Å². The average Bonchev–Trinajstić information content (AvgIpc) is 2.63. The fourth-order valence-electron chi connectivity index (χ4n) is 2.81. The van der Waals surface area contributed by atoms with E-state index in [0.29, 0.717) is 5.56 Å². The fourth-order valence-corrected chi connectivity index (χ4v) is 3.02. The molecule has 0 bridgehead atoms. The normalized spacial score (nSPS) is 15.7. The van der Waals surface area contributed by atoms with Gasteiger partial charge in [0.2, 0.25) is 0 Å². The number of halogens is 2. The van der Waals surface area contributed by atoms with Gasteiger partial charge in [-0.25, -0.2) is 14.0 Å². The van der Waals surface area contributed by atoms with Crippen molar-refractivity contribution >= 4 is 29.5 Å². The Morgan fingerprint density at radius 2 is 2.11 bits per heavy atom. The van der Waals surface area contributed by atoms with E-state index in [1.54, 1.807) is 25.1 Å². The lowest BCUT2D eigenvalue weighted by Crippen LogP contribution is -2.39. The van der Waals surface area contributed by atoms with Crippen molar-refractivity contribution in [3.63, 3.8) is 0 Å². The minimum absolute atomic E-state index is 0.00586. The number of carbonyl (C=O) groups excluding carboxylic acids is 2. The lowest BCUT2D eigenvalue weighted by Gasteiger charge is -2.34. The van der Waals surface area contributed by atoms with Gasteiger partial charge >= 0.3 is 12.2 Å². The predicted octanol–water partition coefficient (Wildman–Crippen LogP) is 4.20. The monoisotopic (exact) mass is 407 g/mol. The van der Waals surface area contributed by atoms with Gasteiger partial charge in [0.1, 0.15) is 5.75 Å². The van der Waals surface area contributed by atoms with Crippen LogP contribution in [-0.4, -0.2) is 36.1 Å². The molecule has 2 aromatic carbocycles. The van der Waals surface area contributed by atoms with E-state index >= 15 is 0 Å². The molecule has 0 saturated heterocycles. The van der Waals surface area contributed by atoms with Crippen molar-refractivity contribution in [3.8, 4) is 11.5 Å². The van der Waals surface area contributed by atoms with Gasteiger partial charge in [-0.15, -0.1) is 0 Å². The molecule has 2 aromatic rings. The molecule has 7 nitrogen and oxygen atoms in total. The molecule has 9 heteroatoms. The Bertz CT molecular complexity index is 951. The van der Waals surface area contributed by atoms with Crippen LogP contribution >= 0.6 is 11.6 Å². The van der Waals surface area contributed by atoms with Crippen molar-refractivity contribution in [3.05, 3.63) is 52.3 Å².